The van der Waals surface area contributed by atoms with Crippen LogP contribution in [-0.4, -0.2) is 37.2 Å². The minimum absolute atomic E-state index is 0.0911. The second-order valence-corrected chi connectivity index (χ2v) is 23.4. The lowest BCUT2D eigenvalue weighted by molar-refractivity contribution is -0.167. The zero-order valence-electron chi connectivity index (χ0n) is 54.2. The van der Waals surface area contributed by atoms with Gasteiger partial charge in [0.15, 0.2) is 6.10 Å². The van der Waals surface area contributed by atoms with Crippen LogP contribution in [0.15, 0.2) is 97.2 Å². The quantitative estimate of drug-likeness (QED) is 0.0261. The van der Waals surface area contributed by atoms with Gasteiger partial charge in [-0.2, -0.15) is 0 Å². The van der Waals surface area contributed by atoms with E-state index >= 15 is 0 Å². The molecule has 6 nitrogen and oxygen atoms in total. The average Bonchev–Trinajstić information content (AvgIpc) is 3.48. The van der Waals surface area contributed by atoms with Crippen LogP contribution >= 0.6 is 0 Å². The summed E-state index contributed by atoms with van der Waals surface area (Å²) in [6.07, 6.45) is 94.7. The second-order valence-electron chi connectivity index (χ2n) is 23.4. The molecule has 1 atom stereocenters. The number of carbonyl (C=O) groups excluding carboxylic acids is 3. The first-order valence-electron chi connectivity index (χ1n) is 35.2. The van der Waals surface area contributed by atoms with Crippen LogP contribution in [-0.2, 0) is 28.6 Å². The largest absolute Gasteiger partial charge is 0.462 e. The van der Waals surface area contributed by atoms with E-state index in [1.165, 1.54) is 186 Å². The van der Waals surface area contributed by atoms with Crippen molar-refractivity contribution in [1.29, 1.82) is 0 Å². The SMILES string of the molecule is CC/C=C\C/C=C\C/C=C\C/C=C\C/C=C\CCCCCC(=O)OC(COC(=O)CCCCCCC/C=C\CCC)COC(=O)CCCCCCCCCCCCCCCCCCCCCCCCC/C=C\C/C=C\CCCCCCC. The van der Waals surface area contributed by atoms with Crippen molar-refractivity contribution < 1.29 is 28.6 Å². The van der Waals surface area contributed by atoms with Gasteiger partial charge in [0.2, 0.25) is 0 Å². The smallest absolute Gasteiger partial charge is 0.306 e. The minimum atomic E-state index is -0.798. The molecule has 0 aliphatic carbocycles. The zero-order chi connectivity index (χ0) is 59.2. The van der Waals surface area contributed by atoms with Crippen molar-refractivity contribution >= 4 is 17.9 Å². The van der Waals surface area contributed by atoms with Crippen molar-refractivity contribution in [1.82, 2.24) is 0 Å². The number of rotatable bonds is 64. The lowest BCUT2D eigenvalue weighted by atomic mass is 10.0. The maximum absolute atomic E-state index is 12.9. The second kappa shape index (κ2) is 69.8. The molecule has 1 unspecified atom stereocenters. The Morgan fingerprint density at radius 2 is 0.500 bits per heavy atom. The van der Waals surface area contributed by atoms with Crippen molar-refractivity contribution in [3.05, 3.63) is 97.2 Å². The molecule has 0 spiro atoms. The van der Waals surface area contributed by atoms with E-state index in [0.29, 0.717) is 12.8 Å². The molecule has 0 saturated heterocycles. The van der Waals surface area contributed by atoms with Gasteiger partial charge >= 0.3 is 17.9 Å². The van der Waals surface area contributed by atoms with Gasteiger partial charge in [0.25, 0.3) is 0 Å². The van der Waals surface area contributed by atoms with Gasteiger partial charge < -0.3 is 14.2 Å². The Labute approximate surface area is 508 Å². The highest BCUT2D eigenvalue weighted by molar-refractivity contribution is 5.71. The molecule has 82 heavy (non-hydrogen) atoms. The van der Waals surface area contributed by atoms with Crippen molar-refractivity contribution in [3.63, 3.8) is 0 Å². The molecule has 472 valence electrons. The molecule has 0 aromatic carbocycles. The summed E-state index contributed by atoms with van der Waals surface area (Å²) in [5.74, 6) is -0.923. The number of esters is 3. The molecular formula is C76H132O6. The molecule has 0 aliphatic rings. The van der Waals surface area contributed by atoms with E-state index in [-0.39, 0.29) is 37.5 Å². The molecule has 0 radical (unpaired) electrons. The lowest BCUT2D eigenvalue weighted by Crippen LogP contribution is -2.30. The molecule has 0 bridgehead atoms. The van der Waals surface area contributed by atoms with Crippen molar-refractivity contribution in [2.75, 3.05) is 13.2 Å². The Hall–Kier alpha value is -3.67. The number of hydrogen-bond acceptors (Lipinski definition) is 6. The molecule has 6 heteroatoms. The van der Waals surface area contributed by atoms with Crippen LogP contribution < -0.4 is 0 Å². The van der Waals surface area contributed by atoms with E-state index in [9.17, 15) is 14.4 Å². The van der Waals surface area contributed by atoms with E-state index in [1.54, 1.807) is 0 Å². The molecule has 0 rings (SSSR count). The minimum Gasteiger partial charge on any atom is -0.462 e. The first-order chi connectivity index (χ1) is 40.5. The maximum atomic E-state index is 12.9. The van der Waals surface area contributed by atoms with Gasteiger partial charge in [0, 0.05) is 19.3 Å². The Bertz CT molecular complexity index is 1590. The van der Waals surface area contributed by atoms with Gasteiger partial charge in [-0.3, -0.25) is 14.4 Å². The molecule has 0 aliphatic heterocycles. The van der Waals surface area contributed by atoms with Gasteiger partial charge in [0.1, 0.15) is 13.2 Å². The van der Waals surface area contributed by atoms with E-state index in [1.807, 2.05) is 0 Å². The number of unbranched alkanes of at least 4 members (excludes halogenated alkanes) is 37. The highest BCUT2D eigenvalue weighted by Crippen LogP contribution is 2.18. The van der Waals surface area contributed by atoms with Crippen LogP contribution in [0.3, 0.4) is 0 Å². The third kappa shape index (κ3) is 67.1. The summed E-state index contributed by atoms with van der Waals surface area (Å²) in [7, 11) is 0. The summed E-state index contributed by atoms with van der Waals surface area (Å²) in [6.45, 7) is 6.45. The molecule has 0 N–H and O–H groups in total. The first kappa shape index (κ1) is 78.3. The van der Waals surface area contributed by atoms with Crippen molar-refractivity contribution in [2.24, 2.45) is 0 Å². The number of hydrogen-bond donors (Lipinski definition) is 0. The Balaban J connectivity index is 4.10. The van der Waals surface area contributed by atoms with Gasteiger partial charge in [-0.1, -0.05) is 311 Å². The fourth-order valence-corrected chi connectivity index (χ4v) is 10.0. The monoisotopic (exact) mass is 1140 g/mol. The fraction of sp³-hybridized carbons (Fsp3) is 0.750. The van der Waals surface area contributed by atoms with Gasteiger partial charge in [-0.05, 0) is 116 Å². The molecule has 0 heterocycles. The third-order valence-corrected chi connectivity index (χ3v) is 15.3. The van der Waals surface area contributed by atoms with Gasteiger partial charge in [-0.25, -0.2) is 0 Å². The summed E-state index contributed by atoms with van der Waals surface area (Å²) in [6, 6.07) is 0. The van der Waals surface area contributed by atoms with Gasteiger partial charge in [0.05, 0.1) is 0 Å². The number of allylic oxidation sites excluding steroid dienone is 16. The van der Waals surface area contributed by atoms with Crippen LogP contribution in [0.4, 0.5) is 0 Å². The first-order valence-corrected chi connectivity index (χ1v) is 35.2. The zero-order valence-corrected chi connectivity index (χ0v) is 54.2. The number of carbonyl (C=O) groups is 3. The van der Waals surface area contributed by atoms with Crippen LogP contribution in [0.25, 0.3) is 0 Å². The summed E-state index contributed by atoms with van der Waals surface area (Å²) in [4.78, 5) is 38.3. The van der Waals surface area contributed by atoms with E-state index in [2.05, 4.69) is 118 Å². The predicted molar refractivity (Wildman–Crippen MR) is 357 cm³/mol. The molecule has 0 amide bonds. The molecule has 0 saturated carbocycles. The summed E-state index contributed by atoms with van der Waals surface area (Å²) >= 11 is 0. The van der Waals surface area contributed by atoms with Gasteiger partial charge in [-0.15, -0.1) is 0 Å². The Morgan fingerprint density at radius 1 is 0.256 bits per heavy atom. The summed E-state index contributed by atoms with van der Waals surface area (Å²) in [5, 5.41) is 0. The maximum Gasteiger partial charge on any atom is 0.306 e. The standard InChI is InChI=1S/C76H132O6/c1-4-7-10-13-16-19-22-24-26-28-30-31-32-33-34-35-36-37-38-39-40-41-42-43-44-45-47-48-50-52-54-57-60-63-66-69-75(78)81-72-73(71-80-74(77)68-65-62-59-56-21-18-15-12-9-6-3)82-76(79)70-67-64-61-58-55-53-51-49-46-29-27-25-23-20-17-14-11-8-5-2/h8,11-12,15,17,20,22,24-25,27-28,30,46,49,53,55,73H,4-7,9-10,13-14,16,18-19,21,23,26,29,31-45,47-48,50-52,54,56-72H2,1-3H3/b11-8-,15-12-,20-17-,24-22-,27-25-,30-28-,49-46-,55-53-. The van der Waals surface area contributed by atoms with E-state index in [4.69, 9.17) is 14.2 Å². The van der Waals surface area contributed by atoms with Crippen LogP contribution in [0.2, 0.25) is 0 Å². The Morgan fingerprint density at radius 3 is 0.817 bits per heavy atom. The molecule has 0 fully saturated rings. The highest BCUT2D eigenvalue weighted by atomic mass is 16.6. The van der Waals surface area contributed by atoms with E-state index in [0.717, 1.165) is 122 Å². The summed E-state index contributed by atoms with van der Waals surface area (Å²) in [5.41, 5.74) is 0. The number of ether oxygens (including phenoxy) is 3. The Kier molecular flexibility index (Phi) is 66.7. The van der Waals surface area contributed by atoms with Crippen LogP contribution in [0.1, 0.15) is 348 Å². The highest BCUT2D eigenvalue weighted by Gasteiger charge is 2.19. The molecule has 0 aromatic rings. The topological polar surface area (TPSA) is 78.9 Å². The van der Waals surface area contributed by atoms with Crippen LogP contribution in [0, 0.1) is 0 Å². The van der Waals surface area contributed by atoms with E-state index < -0.39 is 6.10 Å². The fourth-order valence-electron chi connectivity index (χ4n) is 10.0. The van der Waals surface area contributed by atoms with Crippen molar-refractivity contribution in [3.8, 4) is 0 Å². The molecular weight excluding hydrogens is 1010 g/mol. The predicted octanol–water partition coefficient (Wildman–Crippen LogP) is 24.4. The normalized spacial score (nSPS) is 12.7. The summed E-state index contributed by atoms with van der Waals surface area (Å²) < 4.78 is 16.9. The van der Waals surface area contributed by atoms with Crippen molar-refractivity contribution in [2.45, 2.75) is 354 Å². The van der Waals surface area contributed by atoms with Crippen LogP contribution in [0.5, 0.6) is 0 Å². The average molecular weight is 1140 g/mol. The molecule has 0 aromatic heterocycles. The third-order valence-electron chi connectivity index (χ3n) is 15.3. The lowest BCUT2D eigenvalue weighted by Gasteiger charge is -2.18.